The summed E-state index contributed by atoms with van der Waals surface area (Å²) in [5, 5.41) is 0. The van der Waals surface area contributed by atoms with Gasteiger partial charge in [-0.05, 0) is 24.1 Å². The van der Waals surface area contributed by atoms with Crippen LogP contribution in [0.3, 0.4) is 0 Å². The second-order valence-electron chi connectivity index (χ2n) is 4.69. The third kappa shape index (κ3) is 4.16. The second-order valence-corrected chi connectivity index (χ2v) is 4.69. The van der Waals surface area contributed by atoms with Crippen LogP contribution in [0.15, 0.2) is 24.3 Å². The van der Waals surface area contributed by atoms with E-state index in [1.807, 2.05) is 24.3 Å². The first-order chi connectivity index (χ1) is 9.29. The zero-order chi connectivity index (χ0) is 13.5. The fraction of sp³-hybridized carbons (Fsp3) is 0.533. The number of cyclic esters (lactones) is 2. The molecule has 0 atom stereocenters. The van der Waals surface area contributed by atoms with E-state index in [1.54, 1.807) is 0 Å². The zero-order valence-electron chi connectivity index (χ0n) is 11.3. The Kier molecular flexibility index (Phi) is 5.07. The monoisotopic (exact) mass is 264 g/mol. The average molecular weight is 264 g/mol. The summed E-state index contributed by atoms with van der Waals surface area (Å²) in [4.78, 5) is 10.8. The maximum absolute atomic E-state index is 10.8. The van der Waals surface area contributed by atoms with Crippen molar-refractivity contribution in [3.8, 4) is 5.75 Å². The van der Waals surface area contributed by atoms with Gasteiger partial charge in [0.15, 0.2) is 0 Å². The highest BCUT2D eigenvalue weighted by atomic mass is 16.7. The lowest BCUT2D eigenvalue weighted by Gasteiger charge is -2.22. The quantitative estimate of drug-likeness (QED) is 0.582. The van der Waals surface area contributed by atoms with Gasteiger partial charge in [0.25, 0.3) is 0 Å². The van der Waals surface area contributed by atoms with Gasteiger partial charge < -0.3 is 14.2 Å². The average Bonchev–Trinajstić information content (AvgIpc) is 2.45. The third-order valence-corrected chi connectivity index (χ3v) is 3.17. The first-order valence-electron chi connectivity index (χ1n) is 6.82. The largest absolute Gasteiger partial charge is 0.508 e. The molecule has 1 saturated heterocycles. The lowest BCUT2D eigenvalue weighted by atomic mass is 10.0. The Morgan fingerprint density at radius 1 is 1.16 bits per heavy atom. The van der Waals surface area contributed by atoms with Crippen molar-refractivity contribution >= 4 is 6.16 Å². The van der Waals surface area contributed by atoms with E-state index in [1.165, 1.54) is 12.8 Å². The van der Waals surface area contributed by atoms with Gasteiger partial charge in [-0.1, -0.05) is 31.9 Å². The van der Waals surface area contributed by atoms with Crippen LogP contribution < -0.4 is 4.74 Å². The van der Waals surface area contributed by atoms with E-state index < -0.39 is 6.16 Å². The predicted octanol–water partition coefficient (Wildman–Crippen LogP) is 3.51. The van der Waals surface area contributed by atoms with Crippen LogP contribution in [0.1, 0.15) is 37.7 Å². The molecule has 0 unspecified atom stereocenters. The maximum Gasteiger partial charge on any atom is 0.508 e. The van der Waals surface area contributed by atoms with Crippen molar-refractivity contribution in [1.82, 2.24) is 0 Å². The molecule has 19 heavy (non-hydrogen) atoms. The van der Waals surface area contributed by atoms with Crippen LogP contribution in [0.25, 0.3) is 0 Å². The van der Waals surface area contributed by atoms with Crippen molar-refractivity contribution in [2.24, 2.45) is 0 Å². The maximum atomic E-state index is 10.8. The van der Waals surface area contributed by atoms with Crippen LogP contribution in [-0.2, 0) is 9.47 Å². The van der Waals surface area contributed by atoms with Crippen LogP contribution in [0, 0.1) is 0 Å². The Hall–Kier alpha value is -1.71. The Morgan fingerprint density at radius 3 is 2.47 bits per heavy atom. The van der Waals surface area contributed by atoms with E-state index in [9.17, 15) is 4.79 Å². The van der Waals surface area contributed by atoms with E-state index in [2.05, 4.69) is 6.92 Å². The van der Waals surface area contributed by atoms with Crippen molar-refractivity contribution in [1.29, 1.82) is 0 Å². The molecule has 0 aliphatic carbocycles. The Bertz CT molecular complexity index is 389. The van der Waals surface area contributed by atoms with E-state index in [4.69, 9.17) is 14.2 Å². The summed E-state index contributed by atoms with van der Waals surface area (Å²) in [5.41, 5.74) is 1.11. The fourth-order valence-electron chi connectivity index (χ4n) is 2.00. The summed E-state index contributed by atoms with van der Waals surface area (Å²) in [5.74, 6) is 1.00. The minimum absolute atomic E-state index is 0.117. The molecular weight excluding hydrogens is 244 g/mol. The summed E-state index contributed by atoms with van der Waals surface area (Å²) in [7, 11) is 0. The fourth-order valence-corrected chi connectivity index (χ4v) is 2.00. The van der Waals surface area contributed by atoms with Crippen molar-refractivity contribution in [3.05, 3.63) is 29.8 Å². The van der Waals surface area contributed by atoms with Gasteiger partial charge in [0.1, 0.15) is 19.0 Å². The van der Waals surface area contributed by atoms with E-state index >= 15 is 0 Å². The lowest BCUT2D eigenvalue weighted by Crippen LogP contribution is -2.25. The van der Waals surface area contributed by atoms with E-state index in [-0.39, 0.29) is 5.92 Å². The number of benzene rings is 1. The zero-order valence-corrected chi connectivity index (χ0v) is 11.3. The van der Waals surface area contributed by atoms with Gasteiger partial charge in [0.05, 0.1) is 12.5 Å². The standard InChI is InChI=1S/C15H20O4/c1-2-3-4-9-17-14-7-5-12(6-8-14)13-10-18-15(16)19-11-13/h5-8,13H,2-4,9-11H2,1H3. The predicted molar refractivity (Wildman–Crippen MR) is 71.5 cm³/mol. The summed E-state index contributed by atoms with van der Waals surface area (Å²) < 4.78 is 15.4. The SMILES string of the molecule is CCCCCOc1ccc(C2COC(=O)OC2)cc1. The van der Waals surface area contributed by atoms with Crippen LogP contribution in [0.5, 0.6) is 5.75 Å². The number of hydrogen-bond donors (Lipinski definition) is 0. The van der Waals surface area contributed by atoms with E-state index in [0.29, 0.717) is 13.2 Å². The molecule has 1 aliphatic heterocycles. The van der Waals surface area contributed by atoms with Gasteiger partial charge in [-0.3, -0.25) is 0 Å². The van der Waals surface area contributed by atoms with Crippen LogP contribution in [0.2, 0.25) is 0 Å². The smallest absolute Gasteiger partial charge is 0.494 e. The van der Waals surface area contributed by atoms with Crippen LogP contribution in [0.4, 0.5) is 4.79 Å². The molecule has 4 heteroatoms. The molecule has 0 aromatic heterocycles. The van der Waals surface area contributed by atoms with Crippen molar-refractivity contribution in [2.45, 2.75) is 32.1 Å². The third-order valence-electron chi connectivity index (χ3n) is 3.17. The van der Waals surface area contributed by atoms with Gasteiger partial charge in [-0.25, -0.2) is 4.79 Å². The molecule has 4 nitrogen and oxygen atoms in total. The molecule has 1 aliphatic rings. The second kappa shape index (κ2) is 7.02. The van der Waals surface area contributed by atoms with Crippen molar-refractivity contribution < 1.29 is 19.0 Å². The van der Waals surface area contributed by atoms with Crippen molar-refractivity contribution in [3.63, 3.8) is 0 Å². The Labute approximate surface area is 113 Å². The minimum atomic E-state index is -0.577. The molecule has 1 fully saturated rings. The molecule has 0 N–H and O–H groups in total. The van der Waals surface area contributed by atoms with Gasteiger partial charge >= 0.3 is 6.16 Å². The van der Waals surface area contributed by atoms with E-state index in [0.717, 1.165) is 24.3 Å². The summed E-state index contributed by atoms with van der Waals surface area (Å²) in [6.07, 6.45) is 2.91. The van der Waals surface area contributed by atoms with Crippen LogP contribution in [-0.4, -0.2) is 26.0 Å². The number of carbonyl (C=O) groups excluding carboxylic acids is 1. The summed E-state index contributed by atoms with van der Waals surface area (Å²) in [6, 6.07) is 7.92. The Morgan fingerprint density at radius 2 is 1.84 bits per heavy atom. The first kappa shape index (κ1) is 13.7. The summed E-state index contributed by atoms with van der Waals surface area (Å²) in [6.45, 7) is 3.70. The number of hydrogen-bond acceptors (Lipinski definition) is 4. The molecule has 1 aromatic rings. The highest BCUT2D eigenvalue weighted by Crippen LogP contribution is 2.23. The molecule has 2 rings (SSSR count). The van der Waals surface area contributed by atoms with Crippen LogP contribution >= 0.6 is 0 Å². The molecule has 1 aromatic carbocycles. The normalized spacial score (nSPS) is 15.7. The molecule has 104 valence electrons. The van der Waals surface area contributed by atoms with Gasteiger partial charge in [-0.15, -0.1) is 0 Å². The molecule has 1 heterocycles. The van der Waals surface area contributed by atoms with Crippen molar-refractivity contribution in [2.75, 3.05) is 19.8 Å². The first-order valence-corrected chi connectivity index (χ1v) is 6.82. The Balaban J connectivity index is 1.82. The molecule has 0 saturated carbocycles. The highest BCUT2D eigenvalue weighted by molar-refractivity contribution is 5.60. The van der Waals surface area contributed by atoms with Gasteiger partial charge in [-0.2, -0.15) is 0 Å². The topological polar surface area (TPSA) is 44.8 Å². The minimum Gasteiger partial charge on any atom is -0.494 e. The van der Waals surface area contributed by atoms with Gasteiger partial charge in [0, 0.05) is 0 Å². The molecular formula is C15H20O4. The van der Waals surface area contributed by atoms with Gasteiger partial charge in [0.2, 0.25) is 0 Å². The molecule has 0 bridgehead atoms. The molecule has 0 spiro atoms. The number of rotatable bonds is 6. The lowest BCUT2D eigenvalue weighted by molar-refractivity contribution is 0.00720. The number of unbranched alkanes of at least 4 members (excludes halogenated alkanes) is 2. The molecule has 0 radical (unpaired) electrons. The number of ether oxygens (including phenoxy) is 3. The molecule has 0 amide bonds. The summed E-state index contributed by atoms with van der Waals surface area (Å²) >= 11 is 0. The highest BCUT2D eigenvalue weighted by Gasteiger charge is 2.22. The number of carbonyl (C=O) groups is 1.